The van der Waals surface area contributed by atoms with Crippen LogP contribution >= 0.6 is 0 Å². The lowest BCUT2D eigenvalue weighted by Crippen LogP contribution is -2.34. The summed E-state index contributed by atoms with van der Waals surface area (Å²) < 4.78 is 3.07. The molecule has 1 aliphatic carbocycles. The van der Waals surface area contributed by atoms with Gasteiger partial charge in [-0.3, -0.25) is 9.36 Å². The molecular weight excluding hydrogens is 234 g/mol. The minimum atomic E-state index is -0.106. The van der Waals surface area contributed by atoms with Crippen molar-refractivity contribution in [2.45, 2.75) is 44.9 Å². The number of fused-ring (bicyclic) bond motifs is 1. The Labute approximate surface area is 104 Å². The minimum absolute atomic E-state index is 0.00787. The molecule has 2 aliphatic rings. The predicted octanol–water partition coefficient (Wildman–Crippen LogP) is -1.18. The molecule has 0 radical (unpaired) electrons. The van der Waals surface area contributed by atoms with E-state index in [0.29, 0.717) is 32.1 Å². The quantitative estimate of drug-likeness (QED) is 0.705. The maximum Gasteiger partial charge on any atom is 0.346 e. The predicted molar refractivity (Wildman–Crippen MR) is 64.0 cm³/mol. The molecule has 1 aromatic rings. The molecule has 0 bridgehead atoms. The molecule has 7 nitrogen and oxygen atoms in total. The Balaban J connectivity index is 1.63. The van der Waals surface area contributed by atoms with E-state index in [1.807, 2.05) is 0 Å². The molecule has 0 spiro atoms. The number of amides is 1. The molecule has 1 aliphatic heterocycles. The minimum Gasteiger partial charge on any atom is -0.353 e. The molecule has 7 heteroatoms. The summed E-state index contributed by atoms with van der Waals surface area (Å²) in [5.41, 5.74) is -0.106. The summed E-state index contributed by atoms with van der Waals surface area (Å²) in [5.74, 6) is 0.766. The summed E-state index contributed by atoms with van der Waals surface area (Å²) in [6, 6.07) is 0.369. The fourth-order valence-electron chi connectivity index (χ4n) is 2.11. The normalized spacial score (nSPS) is 18.4. The average Bonchev–Trinajstić information content (AvgIpc) is 3.12. The lowest BCUT2D eigenvalue weighted by molar-refractivity contribution is -0.121. The second kappa shape index (κ2) is 4.56. The third kappa shape index (κ3) is 2.31. The van der Waals surface area contributed by atoms with Gasteiger partial charge in [0.2, 0.25) is 5.91 Å². The molecule has 1 aromatic heterocycles. The second-order valence-corrected chi connectivity index (χ2v) is 4.84. The van der Waals surface area contributed by atoms with Crippen LogP contribution in [0, 0.1) is 0 Å². The van der Waals surface area contributed by atoms with Crippen molar-refractivity contribution in [2.24, 2.45) is 0 Å². The fourth-order valence-corrected chi connectivity index (χ4v) is 2.11. The van der Waals surface area contributed by atoms with Crippen LogP contribution in [0.1, 0.15) is 25.1 Å². The van der Waals surface area contributed by atoms with Crippen LogP contribution in [0.15, 0.2) is 4.79 Å². The SMILES string of the molecule is O=C(CCn1nc2n(c1=O)CCNC2)NC1CC1. The highest BCUT2D eigenvalue weighted by Crippen LogP contribution is 2.18. The smallest absolute Gasteiger partial charge is 0.346 e. The molecule has 0 saturated heterocycles. The van der Waals surface area contributed by atoms with Crippen LogP contribution in [0.2, 0.25) is 0 Å². The number of hydrogen-bond donors (Lipinski definition) is 2. The van der Waals surface area contributed by atoms with Gasteiger partial charge in [0.25, 0.3) is 0 Å². The van der Waals surface area contributed by atoms with Crippen LogP contribution in [0.25, 0.3) is 0 Å². The van der Waals surface area contributed by atoms with Gasteiger partial charge in [-0.05, 0) is 12.8 Å². The summed E-state index contributed by atoms with van der Waals surface area (Å²) in [4.78, 5) is 23.5. The lowest BCUT2D eigenvalue weighted by Gasteiger charge is -2.11. The van der Waals surface area contributed by atoms with Gasteiger partial charge in [0.05, 0.1) is 13.1 Å². The molecule has 3 rings (SSSR count). The molecule has 2 N–H and O–H groups in total. The van der Waals surface area contributed by atoms with Crippen molar-refractivity contribution in [1.29, 1.82) is 0 Å². The maximum absolute atomic E-state index is 12.0. The van der Waals surface area contributed by atoms with Crippen LogP contribution < -0.4 is 16.3 Å². The van der Waals surface area contributed by atoms with E-state index in [0.717, 1.165) is 25.2 Å². The molecular formula is C11H17N5O2. The second-order valence-electron chi connectivity index (χ2n) is 4.84. The van der Waals surface area contributed by atoms with Crippen molar-refractivity contribution in [2.75, 3.05) is 6.54 Å². The largest absolute Gasteiger partial charge is 0.353 e. The van der Waals surface area contributed by atoms with Crippen LogP contribution in [-0.4, -0.2) is 32.8 Å². The van der Waals surface area contributed by atoms with Crippen molar-refractivity contribution in [3.8, 4) is 0 Å². The highest BCUT2D eigenvalue weighted by atomic mass is 16.2. The highest BCUT2D eigenvalue weighted by Gasteiger charge is 2.23. The Morgan fingerprint density at radius 2 is 2.33 bits per heavy atom. The van der Waals surface area contributed by atoms with E-state index in [1.165, 1.54) is 4.68 Å². The number of hydrogen-bond acceptors (Lipinski definition) is 4. The fraction of sp³-hybridized carbons (Fsp3) is 0.727. The van der Waals surface area contributed by atoms with Crippen molar-refractivity contribution in [1.82, 2.24) is 25.0 Å². The van der Waals surface area contributed by atoms with Crippen molar-refractivity contribution < 1.29 is 4.79 Å². The zero-order valence-electron chi connectivity index (χ0n) is 10.2. The highest BCUT2D eigenvalue weighted by molar-refractivity contribution is 5.76. The first-order chi connectivity index (χ1) is 8.74. The Morgan fingerprint density at radius 3 is 3.06 bits per heavy atom. The van der Waals surface area contributed by atoms with Crippen LogP contribution in [-0.2, 0) is 24.4 Å². The van der Waals surface area contributed by atoms with E-state index in [9.17, 15) is 9.59 Å². The zero-order chi connectivity index (χ0) is 12.5. The average molecular weight is 251 g/mol. The number of carbonyl (C=O) groups excluding carboxylic acids is 1. The molecule has 98 valence electrons. The van der Waals surface area contributed by atoms with E-state index in [4.69, 9.17) is 0 Å². The third-order valence-corrected chi connectivity index (χ3v) is 3.29. The van der Waals surface area contributed by atoms with E-state index < -0.39 is 0 Å². The Bertz CT molecular complexity index is 514. The number of nitrogens with zero attached hydrogens (tertiary/aromatic N) is 3. The zero-order valence-corrected chi connectivity index (χ0v) is 10.2. The summed E-state index contributed by atoms with van der Waals surface area (Å²) >= 11 is 0. The van der Waals surface area contributed by atoms with Gasteiger partial charge in [0.1, 0.15) is 5.82 Å². The van der Waals surface area contributed by atoms with Gasteiger partial charge in [0.15, 0.2) is 0 Å². The van der Waals surface area contributed by atoms with Gasteiger partial charge in [-0.1, -0.05) is 0 Å². The number of rotatable bonds is 4. The first-order valence-corrected chi connectivity index (χ1v) is 6.40. The molecule has 0 atom stereocenters. The molecule has 2 heterocycles. The van der Waals surface area contributed by atoms with Crippen LogP contribution in [0.3, 0.4) is 0 Å². The molecule has 1 fully saturated rings. The number of aromatic nitrogens is 3. The third-order valence-electron chi connectivity index (χ3n) is 3.29. The maximum atomic E-state index is 12.0. The van der Waals surface area contributed by atoms with E-state index in [1.54, 1.807) is 4.57 Å². The van der Waals surface area contributed by atoms with Crippen LogP contribution in [0.5, 0.6) is 0 Å². The monoisotopic (exact) mass is 251 g/mol. The number of carbonyl (C=O) groups is 1. The van der Waals surface area contributed by atoms with Crippen molar-refractivity contribution >= 4 is 5.91 Å². The Kier molecular flexibility index (Phi) is 2.91. The Morgan fingerprint density at radius 1 is 1.50 bits per heavy atom. The molecule has 1 amide bonds. The number of aryl methyl sites for hydroxylation is 1. The first-order valence-electron chi connectivity index (χ1n) is 6.40. The first kappa shape index (κ1) is 11.5. The standard InChI is InChI=1S/C11H17N5O2/c17-10(13-8-1-2-8)3-5-16-11(18)15-6-4-12-7-9(15)14-16/h8,12H,1-7H2,(H,13,17). The molecule has 1 saturated carbocycles. The molecule has 0 unspecified atom stereocenters. The van der Waals surface area contributed by atoms with Gasteiger partial charge in [-0.25, -0.2) is 9.48 Å². The van der Waals surface area contributed by atoms with Crippen molar-refractivity contribution in [3.05, 3.63) is 16.3 Å². The van der Waals surface area contributed by atoms with E-state index in [2.05, 4.69) is 15.7 Å². The summed E-state index contributed by atoms with van der Waals surface area (Å²) in [6.07, 6.45) is 2.48. The van der Waals surface area contributed by atoms with Gasteiger partial charge in [0, 0.05) is 25.6 Å². The summed E-state index contributed by atoms with van der Waals surface area (Å²) in [7, 11) is 0. The topological polar surface area (TPSA) is 81.0 Å². The van der Waals surface area contributed by atoms with Gasteiger partial charge in [-0.2, -0.15) is 5.10 Å². The number of nitrogens with one attached hydrogen (secondary N) is 2. The summed E-state index contributed by atoms with van der Waals surface area (Å²) in [5, 5.41) is 10.3. The van der Waals surface area contributed by atoms with Crippen LogP contribution in [0.4, 0.5) is 0 Å². The van der Waals surface area contributed by atoms with Crippen molar-refractivity contribution in [3.63, 3.8) is 0 Å². The van der Waals surface area contributed by atoms with Gasteiger partial charge >= 0.3 is 5.69 Å². The lowest BCUT2D eigenvalue weighted by atomic mass is 10.4. The van der Waals surface area contributed by atoms with E-state index >= 15 is 0 Å². The van der Waals surface area contributed by atoms with Gasteiger partial charge < -0.3 is 10.6 Å². The Hall–Kier alpha value is -1.63. The van der Waals surface area contributed by atoms with Gasteiger partial charge in [-0.15, -0.1) is 0 Å². The summed E-state index contributed by atoms with van der Waals surface area (Å²) in [6.45, 7) is 2.43. The molecule has 0 aromatic carbocycles. The molecule has 18 heavy (non-hydrogen) atoms. The van der Waals surface area contributed by atoms with E-state index in [-0.39, 0.29) is 11.6 Å².